The van der Waals surface area contributed by atoms with E-state index in [2.05, 4.69) is 27.1 Å². The van der Waals surface area contributed by atoms with Crippen LogP contribution >= 0.6 is 0 Å². The second-order valence-corrected chi connectivity index (χ2v) is 7.97. The third-order valence-electron chi connectivity index (χ3n) is 5.70. The average molecular weight is 377 g/mol. The first kappa shape index (κ1) is 19.8. The number of ether oxygens (including phenoxy) is 1. The fourth-order valence-electron chi connectivity index (χ4n) is 3.64. The summed E-state index contributed by atoms with van der Waals surface area (Å²) < 4.78 is 5.44. The molecule has 1 aromatic heterocycles. The maximum absolute atomic E-state index is 11.8. The van der Waals surface area contributed by atoms with Gasteiger partial charge in [0.25, 0.3) is 0 Å². The number of nitrogens with one attached hydrogen (secondary N) is 1. The van der Waals surface area contributed by atoms with Crippen molar-refractivity contribution in [1.82, 2.24) is 14.9 Å². The minimum Gasteiger partial charge on any atom is -0.481 e. The van der Waals surface area contributed by atoms with Crippen LogP contribution in [0.15, 0.2) is 6.20 Å². The van der Waals surface area contributed by atoms with Crippen LogP contribution in [0.25, 0.3) is 0 Å². The molecule has 0 amide bonds. The predicted octanol–water partition coefficient (Wildman–Crippen LogP) is 1.57. The highest BCUT2D eigenvalue weighted by Gasteiger charge is 2.35. The number of likely N-dealkylation sites (N-methyl/N-ethyl adjacent to an activating group) is 1. The summed E-state index contributed by atoms with van der Waals surface area (Å²) in [5.74, 6) is 0.366. The van der Waals surface area contributed by atoms with Gasteiger partial charge in [0.05, 0.1) is 18.6 Å². The van der Waals surface area contributed by atoms with Crippen molar-refractivity contribution in [2.75, 3.05) is 56.7 Å². The van der Waals surface area contributed by atoms with Crippen LogP contribution in [-0.2, 0) is 14.9 Å². The maximum atomic E-state index is 11.8. The number of likely N-dealkylation sites (tertiary alicyclic amines) is 1. The molecule has 8 heteroatoms. The van der Waals surface area contributed by atoms with Gasteiger partial charge in [0.2, 0.25) is 5.95 Å². The molecule has 2 fully saturated rings. The molecule has 0 aromatic carbocycles. The summed E-state index contributed by atoms with van der Waals surface area (Å²) in [4.78, 5) is 25.4. The zero-order valence-corrected chi connectivity index (χ0v) is 16.6. The van der Waals surface area contributed by atoms with E-state index in [-0.39, 0.29) is 0 Å². The first-order chi connectivity index (χ1) is 12.9. The number of hydrogen-bond acceptors (Lipinski definition) is 7. The van der Waals surface area contributed by atoms with E-state index in [1.807, 2.05) is 0 Å². The summed E-state index contributed by atoms with van der Waals surface area (Å²) in [6, 6.07) is 0.476. The first-order valence-electron chi connectivity index (χ1n) is 9.77. The molecule has 2 aliphatic rings. The SMILES string of the molecule is CN1CCCCC1CNc1ncc(C(C)(C)C(=O)O)c(N2CCOCC2)n1. The average Bonchev–Trinajstić information content (AvgIpc) is 2.67. The number of carboxylic acid groups (broad SMARTS) is 1. The minimum atomic E-state index is -1.06. The molecule has 3 heterocycles. The lowest BCUT2D eigenvalue weighted by molar-refractivity contribution is -0.142. The molecular formula is C19H31N5O3. The first-order valence-corrected chi connectivity index (χ1v) is 9.77. The smallest absolute Gasteiger partial charge is 0.313 e. The summed E-state index contributed by atoms with van der Waals surface area (Å²) in [6.45, 7) is 7.94. The van der Waals surface area contributed by atoms with Crippen LogP contribution in [0.2, 0.25) is 0 Å². The molecular weight excluding hydrogens is 346 g/mol. The van der Waals surface area contributed by atoms with Crippen LogP contribution in [0, 0.1) is 0 Å². The summed E-state index contributed by atoms with van der Waals surface area (Å²) in [6.07, 6.45) is 5.34. The van der Waals surface area contributed by atoms with Gasteiger partial charge in [-0.2, -0.15) is 4.98 Å². The molecule has 1 aromatic rings. The van der Waals surface area contributed by atoms with Gasteiger partial charge < -0.3 is 25.0 Å². The lowest BCUT2D eigenvalue weighted by atomic mass is 9.85. The van der Waals surface area contributed by atoms with E-state index >= 15 is 0 Å². The zero-order valence-electron chi connectivity index (χ0n) is 16.6. The number of aliphatic carboxylic acids is 1. The largest absolute Gasteiger partial charge is 0.481 e. The van der Waals surface area contributed by atoms with Crippen molar-refractivity contribution < 1.29 is 14.6 Å². The molecule has 1 unspecified atom stereocenters. The van der Waals surface area contributed by atoms with Crippen LogP contribution in [0.4, 0.5) is 11.8 Å². The molecule has 2 saturated heterocycles. The molecule has 2 N–H and O–H groups in total. The summed E-state index contributed by atoms with van der Waals surface area (Å²) in [5, 5.41) is 13.0. The molecule has 2 aliphatic heterocycles. The molecule has 1 atom stereocenters. The topological polar surface area (TPSA) is 90.8 Å². The summed E-state index contributed by atoms with van der Waals surface area (Å²) in [7, 11) is 2.16. The molecule has 150 valence electrons. The van der Waals surface area contributed by atoms with E-state index in [1.54, 1.807) is 20.0 Å². The maximum Gasteiger partial charge on any atom is 0.313 e. The molecule has 0 saturated carbocycles. The number of hydrogen-bond donors (Lipinski definition) is 2. The standard InChI is InChI=1S/C19H31N5O3/c1-19(2,17(25)26)15-13-21-18(20-12-14-6-4-5-7-23(14)3)22-16(15)24-8-10-27-11-9-24/h13-14H,4-12H2,1-3H3,(H,25,26)(H,20,21,22). The number of carbonyl (C=O) groups is 1. The number of piperidine rings is 1. The lowest BCUT2D eigenvalue weighted by Crippen LogP contribution is -2.41. The van der Waals surface area contributed by atoms with Crippen molar-refractivity contribution in [3.05, 3.63) is 11.8 Å². The van der Waals surface area contributed by atoms with Crippen molar-refractivity contribution in [2.24, 2.45) is 0 Å². The van der Waals surface area contributed by atoms with Crippen molar-refractivity contribution in [3.63, 3.8) is 0 Å². The Kier molecular flexibility index (Phi) is 6.16. The fraction of sp³-hybridized carbons (Fsp3) is 0.737. The lowest BCUT2D eigenvalue weighted by Gasteiger charge is -2.33. The Bertz CT molecular complexity index is 661. The number of anilines is 2. The van der Waals surface area contributed by atoms with Crippen LogP contribution in [-0.4, -0.2) is 78.4 Å². The summed E-state index contributed by atoms with van der Waals surface area (Å²) >= 11 is 0. The Labute approximate surface area is 160 Å². The third kappa shape index (κ3) is 4.50. The molecule has 27 heavy (non-hydrogen) atoms. The van der Waals surface area contributed by atoms with Crippen LogP contribution in [0.1, 0.15) is 38.7 Å². The zero-order chi connectivity index (χ0) is 19.4. The van der Waals surface area contributed by atoms with Crippen molar-refractivity contribution in [1.29, 1.82) is 0 Å². The molecule has 0 bridgehead atoms. The highest BCUT2D eigenvalue weighted by atomic mass is 16.5. The predicted molar refractivity (Wildman–Crippen MR) is 104 cm³/mol. The van der Waals surface area contributed by atoms with Crippen LogP contribution in [0.5, 0.6) is 0 Å². The monoisotopic (exact) mass is 377 g/mol. The van der Waals surface area contributed by atoms with E-state index in [4.69, 9.17) is 9.72 Å². The highest BCUT2D eigenvalue weighted by Crippen LogP contribution is 2.32. The van der Waals surface area contributed by atoms with Gasteiger partial charge in [-0.15, -0.1) is 0 Å². The molecule has 0 radical (unpaired) electrons. The van der Waals surface area contributed by atoms with Gasteiger partial charge in [-0.1, -0.05) is 6.42 Å². The molecule has 0 aliphatic carbocycles. The van der Waals surface area contributed by atoms with Crippen molar-refractivity contribution in [3.8, 4) is 0 Å². The van der Waals surface area contributed by atoms with E-state index in [0.717, 1.165) is 13.1 Å². The quantitative estimate of drug-likeness (QED) is 0.772. The normalized spacial score (nSPS) is 21.9. The second-order valence-electron chi connectivity index (χ2n) is 7.97. The number of rotatable bonds is 6. The fourth-order valence-corrected chi connectivity index (χ4v) is 3.64. The van der Waals surface area contributed by atoms with E-state index in [9.17, 15) is 9.90 Å². The van der Waals surface area contributed by atoms with Gasteiger partial charge >= 0.3 is 5.97 Å². The van der Waals surface area contributed by atoms with Gasteiger partial charge in [-0.05, 0) is 40.3 Å². The Morgan fingerprint density at radius 3 is 2.74 bits per heavy atom. The van der Waals surface area contributed by atoms with Gasteiger partial charge in [0.1, 0.15) is 5.82 Å². The van der Waals surface area contributed by atoms with Crippen molar-refractivity contribution in [2.45, 2.75) is 44.6 Å². The Morgan fingerprint density at radius 1 is 1.33 bits per heavy atom. The number of nitrogens with zero attached hydrogens (tertiary/aromatic N) is 4. The second kappa shape index (κ2) is 8.39. The van der Waals surface area contributed by atoms with Gasteiger partial charge in [0.15, 0.2) is 0 Å². The molecule has 0 spiro atoms. The van der Waals surface area contributed by atoms with Gasteiger partial charge in [-0.25, -0.2) is 4.98 Å². The summed E-state index contributed by atoms with van der Waals surface area (Å²) in [5.41, 5.74) is -0.423. The Hall–Kier alpha value is -1.93. The van der Waals surface area contributed by atoms with Crippen molar-refractivity contribution >= 4 is 17.7 Å². The van der Waals surface area contributed by atoms with E-state index < -0.39 is 11.4 Å². The number of morpholine rings is 1. The van der Waals surface area contributed by atoms with Crippen LogP contribution < -0.4 is 10.2 Å². The van der Waals surface area contributed by atoms with Gasteiger partial charge in [0, 0.05) is 37.4 Å². The number of aromatic nitrogens is 2. The van der Waals surface area contributed by atoms with Gasteiger partial charge in [-0.3, -0.25) is 4.79 Å². The van der Waals surface area contributed by atoms with E-state index in [1.165, 1.54) is 19.3 Å². The van der Waals surface area contributed by atoms with E-state index in [0.29, 0.717) is 49.7 Å². The molecule has 3 rings (SSSR count). The highest BCUT2D eigenvalue weighted by molar-refractivity contribution is 5.82. The number of carboxylic acids is 1. The Morgan fingerprint density at radius 2 is 2.07 bits per heavy atom. The minimum absolute atomic E-state index is 0.476. The third-order valence-corrected chi connectivity index (χ3v) is 5.70. The Balaban J connectivity index is 1.82. The molecule has 8 nitrogen and oxygen atoms in total. The van der Waals surface area contributed by atoms with Crippen LogP contribution in [0.3, 0.4) is 0 Å².